The van der Waals surface area contributed by atoms with Gasteiger partial charge in [0.15, 0.2) is 0 Å². The highest BCUT2D eigenvalue weighted by Crippen LogP contribution is 2.38. The van der Waals surface area contributed by atoms with Crippen molar-refractivity contribution in [3.05, 3.63) is 71.9 Å². The number of aromatic amines is 1. The van der Waals surface area contributed by atoms with E-state index in [4.69, 9.17) is 0 Å². The van der Waals surface area contributed by atoms with Gasteiger partial charge in [0.1, 0.15) is 0 Å². The van der Waals surface area contributed by atoms with E-state index in [1.54, 1.807) is 0 Å². The molecule has 138 valence electrons. The van der Waals surface area contributed by atoms with E-state index in [9.17, 15) is 9.59 Å². The molecule has 0 spiro atoms. The van der Waals surface area contributed by atoms with Gasteiger partial charge in [-0.25, -0.2) is 0 Å². The Bertz CT molecular complexity index is 948. The van der Waals surface area contributed by atoms with Crippen LogP contribution >= 0.6 is 0 Å². The molecule has 5 nitrogen and oxygen atoms in total. The van der Waals surface area contributed by atoms with Gasteiger partial charge in [-0.3, -0.25) is 9.59 Å². The second-order valence-corrected chi connectivity index (χ2v) is 7.05. The number of carbonyl (C=O) groups is 2. The van der Waals surface area contributed by atoms with E-state index in [1.807, 2.05) is 54.7 Å². The van der Waals surface area contributed by atoms with E-state index < -0.39 is 0 Å². The first-order valence-electron chi connectivity index (χ1n) is 9.37. The lowest BCUT2D eigenvalue weighted by molar-refractivity contribution is -0.127. The average Bonchev–Trinajstić information content (AvgIpc) is 3.42. The first-order valence-corrected chi connectivity index (χ1v) is 9.37. The minimum atomic E-state index is -0.193. The van der Waals surface area contributed by atoms with Crippen molar-refractivity contribution in [2.75, 3.05) is 6.54 Å². The third-order valence-electron chi connectivity index (χ3n) is 5.14. The number of fused-ring (bicyclic) bond motifs is 1. The number of hydrogen-bond donors (Lipinski definition) is 3. The van der Waals surface area contributed by atoms with Crippen LogP contribution in [0.1, 0.15) is 17.5 Å². The van der Waals surface area contributed by atoms with Crippen molar-refractivity contribution in [1.29, 1.82) is 0 Å². The van der Waals surface area contributed by atoms with Gasteiger partial charge in [0.05, 0.1) is 11.8 Å². The van der Waals surface area contributed by atoms with Crippen molar-refractivity contribution in [2.45, 2.75) is 19.4 Å². The topological polar surface area (TPSA) is 74.0 Å². The molecule has 2 atom stereocenters. The molecule has 1 heterocycles. The summed E-state index contributed by atoms with van der Waals surface area (Å²) >= 11 is 0. The first kappa shape index (κ1) is 17.3. The molecule has 1 fully saturated rings. The standard InChI is InChI=1S/C22H23N3O2/c26-21(23-11-10-16-14-24-20-9-5-4-8-17(16)20)18-12-19(18)22(27)25-13-15-6-2-1-3-7-15/h1-9,14,18-19,24H,10-13H2,(H,23,26)(H,25,27). The Kier molecular flexibility index (Phi) is 4.92. The van der Waals surface area contributed by atoms with Crippen LogP contribution in [0.4, 0.5) is 0 Å². The number of nitrogens with one attached hydrogen (secondary N) is 3. The molecule has 27 heavy (non-hydrogen) atoms. The van der Waals surface area contributed by atoms with Crippen molar-refractivity contribution in [2.24, 2.45) is 11.8 Å². The van der Waals surface area contributed by atoms with Crippen molar-refractivity contribution >= 4 is 22.7 Å². The molecule has 1 aliphatic rings. The van der Waals surface area contributed by atoms with E-state index in [2.05, 4.69) is 21.7 Å². The molecule has 2 unspecified atom stereocenters. The Morgan fingerprint density at radius 3 is 2.44 bits per heavy atom. The molecule has 3 aromatic rings. The fraction of sp³-hybridized carbons (Fsp3) is 0.273. The van der Waals surface area contributed by atoms with Crippen LogP contribution in [0.5, 0.6) is 0 Å². The van der Waals surface area contributed by atoms with Crippen LogP contribution < -0.4 is 10.6 Å². The van der Waals surface area contributed by atoms with Gasteiger partial charge in [-0.15, -0.1) is 0 Å². The fourth-order valence-electron chi connectivity index (χ4n) is 3.48. The minimum absolute atomic E-state index is 0.0188. The molecule has 1 saturated carbocycles. The number of carbonyl (C=O) groups excluding carboxylic acids is 2. The molecule has 4 rings (SSSR count). The van der Waals surface area contributed by atoms with Crippen LogP contribution in [-0.2, 0) is 22.6 Å². The predicted molar refractivity (Wildman–Crippen MR) is 105 cm³/mol. The summed E-state index contributed by atoms with van der Waals surface area (Å²) in [5.41, 5.74) is 3.36. The molecule has 0 radical (unpaired) electrons. The summed E-state index contributed by atoms with van der Waals surface area (Å²) in [7, 11) is 0. The summed E-state index contributed by atoms with van der Waals surface area (Å²) in [6.45, 7) is 1.08. The highest BCUT2D eigenvalue weighted by molar-refractivity contribution is 5.92. The average molecular weight is 361 g/mol. The third kappa shape index (κ3) is 4.03. The minimum Gasteiger partial charge on any atom is -0.361 e. The lowest BCUT2D eigenvalue weighted by Crippen LogP contribution is -2.31. The van der Waals surface area contributed by atoms with E-state index in [1.165, 1.54) is 10.9 Å². The maximum absolute atomic E-state index is 12.3. The SMILES string of the molecule is O=C(NCCc1c[nH]c2ccccc12)C1CC1C(=O)NCc1ccccc1. The molecular weight excluding hydrogens is 338 g/mol. The zero-order valence-electron chi connectivity index (χ0n) is 15.1. The lowest BCUT2D eigenvalue weighted by Gasteiger charge is -2.06. The van der Waals surface area contributed by atoms with Crippen molar-refractivity contribution in [3.63, 3.8) is 0 Å². The molecule has 0 bridgehead atoms. The van der Waals surface area contributed by atoms with Gasteiger partial charge in [0, 0.05) is 30.2 Å². The van der Waals surface area contributed by atoms with Gasteiger partial charge in [-0.2, -0.15) is 0 Å². The van der Waals surface area contributed by atoms with Crippen LogP contribution in [0.2, 0.25) is 0 Å². The summed E-state index contributed by atoms with van der Waals surface area (Å²) in [4.78, 5) is 27.7. The van der Waals surface area contributed by atoms with Crippen LogP contribution in [-0.4, -0.2) is 23.3 Å². The van der Waals surface area contributed by atoms with Gasteiger partial charge in [0.2, 0.25) is 11.8 Å². The molecule has 2 amide bonds. The van der Waals surface area contributed by atoms with Gasteiger partial charge < -0.3 is 15.6 Å². The zero-order valence-corrected chi connectivity index (χ0v) is 15.1. The predicted octanol–water partition coefficient (Wildman–Crippen LogP) is 2.78. The number of benzene rings is 2. The van der Waals surface area contributed by atoms with Crippen LogP contribution in [0.3, 0.4) is 0 Å². The van der Waals surface area contributed by atoms with Gasteiger partial charge in [-0.1, -0.05) is 48.5 Å². The Labute approximate surface area is 158 Å². The number of para-hydroxylation sites is 1. The Morgan fingerprint density at radius 1 is 0.926 bits per heavy atom. The highest BCUT2D eigenvalue weighted by Gasteiger charge is 2.47. The number of H-pyrrole nitrogens is 1. The largest absolute Gasteiger partial charge is 0.361 e. The smallest absolute Gasteiger partial charge is 0.224 e. The Balaban J connectivity index is 1.21. The summed E-state index contributed by atoms with van der Waals surface area (Å²) in [5, 5.41) is 7.09. The molecule has 1 aliphatic carbocycles. The molecular formula is C22H23N3O2. The summed E-state index contributed by atoms with van der Waals surface area (Å²) in [6, 6.07) is 17.9. The molecule has 0 aliphatic heterocycles. The van der Waals surface area contributed by atoms with Crippen molar-refractivity contribution in [1.82, 2.24) is 15.6 Å². The first-order chi connectivity index (χ1) is 13.2. The number of amides is 2. The Hall–Kier alpha value is -3.08. The molecule has 0 saturated heterocycles. The fourth-order valence-corrected chi connectivity index (χ4v) is 3.48. The number of hydrogen-bond acceptors (Lipinski definition) is 2. The maximum Gasteiger partial charge on any atom is 0.224 e. The quantitative estimate of drug-likeness (QED) is 0.605. The summed E-state index contributed by atoms with van der Waals surface area (Å²) < 4.78 is 0. The van der Waals surface area contributed by atoms with Crippen LogP contribution in [0, 0.1) is 11.8 Å². The third-order valence-corrected chi connectivity index (χ3v) is 5.14. The second-order valence-electron chi connectivity index (χ2n) is 7.05. The number of rotatable bonds is 7. The van der Waals surface area contributed by atoms with E-state index in [-0.39, 0.29) is 23.7 Å². The van der Waals surface area contributed by atoms with E-state index >= 15 is 0 Å². The van der Waals surface area contributed by atoms with Crippen LogP contribution in [0.25, 0.3) is 10.9 Å². The summed E-state index contributed by atoms with van der Waals surface area (Å²) in [5.74, 6) is -0.434. The normalized spacial score (nSPS) is 18.2. The molecule has 5 heteroatoms. The molecule has 1 aromatic heterocycles. The second kappa shape index (κ2) is 7.66. The Morgan fingerprint density at radius 2 is 1.63 bits per heavy atom. The molecule has 3 N–H and O–H groups in total. The summed E-state index contributed by atoms with van der Waals surface area (Å²) in [6.07, 6.45) is 3.40. The number of aromatic nitrogens is 1. The van der Waals surface area contributed by atoms with Gasteiger partial charge >= 0.3 is 0 Å². The van der Waals surface area contributed by atoms with Gasteiger partial charge in [0.25, 0.3) is 0 Å². The molecule has 2 aromatic carbocycles. The van der Waals surface area contributed by atoms with Crippen LogP contribution in [0.15, 0.2) is 60.8 Å². The lowest BCUT2D eigenvalue weighted by atomic mass is 10.1. The van der Waals surface area contributed by atoms with Gasteiger partial charge in [-0.05, 0) is 30.0 Å². The monoisotopic (exact) mass is 361 g/mol. The zero-order chi connectivity index (χ0) is 18.6. The van der Waals surface area contributed by atoms with Crippen molar-refractivity contribution in [3.8, 4) is 0 Å². The highest BCUT2D eigenvalue weighted by atomic mass is 16.2. The maximum atomic E-state index is 12.3. The van der Waals surface area contributed by atoms with E-state index in [0.717, 1.165) is 17.5 Å². The van der Waals surface area contributed by atoms with Crippen molar-refractivity contribution < 1.29 is 9.59 Å². The van der Waals surface area contributed by atoms with E-state index in [0.29, 0.717) is 19.5 Å².